The summed E-state index contributed by atoms with van der Waals surface area (Å²) in [5, 5.41) is 10.3. The van der Waals surface area contributed by atoms with Crippen molar-refractivity contribution in [3.05, 3.63) is 0 Å². The Morgan fingerprint density at radius 1 is 1.31 bits per heavy atom. The number of hydrogen-bond donors (Lipinski definition) is 1. The van der Waals surface area contributed by atoms with Crippen LogP contribution >= 0.6 is 11.8 Å². The van der Waals surface area contributed by atoms with E-state index in [1.54, 1.807) is 0 Å². The first-order valence-corrected chi connectivity index (χ1v) is 7.73. The Labute approximate surface area is 104 Å². The van der Waals surface area contributed by atoms with E-state index in [-0.39, 0.29) is 11.5 Å². The number of thioether (sulfide) groups is 1. The van der Waals surface area contributed by atoms with Crippen molar-refractivity contribution in [3.63, 3.8) is 0 Å². The molecule has 2 fully saturated rings. The Balaban J connectivity index is 1.85. The van der Waals surface area contributed by atoms with Gasteiger partial charge in [0, 0.05) is 18.8 Å². The van der Waals surface area contributed by atoms with Gasteiger partial charge < -0.3 is 10.0 Å². The molecule has 2 unspecified atom stereocenters. The van der Waals surface area contributed by atoms with Crippen LogP contribution in [0.4, 0.5) is 0 Å². The van der Waals surface area contributed by atoms with Gasteiger partial charge in [-0.1, -0.05) is 13.8 Å². The van der Waals surface area contributed by atoms with Crippen molar-refractivity contribution in [1.29, 1.82) is 0 Å². The number of nitrogens with zero attached hydrogens (tertiary/aromatic N) is 1. The molecule has 1 aliphatic carbocycles. The highest BCUT2D eigenvalue weighted by molar-refractivity contribution is 7.99. The quantitative estimate of drug-likeness (QED) is 0.804. The predicted molar refractivity (Wildman–Crippen MR) is 70.9 cm³/mol. The molecule has 0 aromatic heterocycles. The van der Waals surface area contributed by atoms with E-state index in [0.717, 1.165) is 6.54 Å². The van der Waals surface area contributed by atoms with Crippen LogP contribution in [0.25, 0.3) is 0 Å². The first-order chi connectivity index (χ1) is 7.59. The van der Waals surface area contributed by atoms with E-state index >= 15 is 0 Å². The first-order valence-electron chi connectivity index (χ1n) is 6.58. The van der Waals surface area contributed by atoms with Gasteiger partial charge in [-0.15, -0.1) is 0 Å². The summed E-state index contributed by atoms with van der Waals surface area (Å²) in [6.07, 6.45) is 3.61. The molecule has 0 radical (unpaired) electrons. The summed E-state index contributed by atoms with van der Waals surface area (Å²) in [4.78, 5) is 2.56. The molecule has 2 aliphatic rings. The molecule has 2 nitrogen and oxygen atoms in total. The lowest BCUT2D eigenvalue weighted by atomic mass is 9.87. The lowest BCUT2D eigenvalue weighted by Gasteiger charge is -2.29. The average Bonchev–Trinajstić information content (AvgIpc) is 2.50. The molecule has 0 bridgehead atoms. The van der Waals surface area contributed by atoms with Gasteiger partial charge in [0.1, 0.15) is 0 Å². The topological polar surface area (TPSA) is 23.5 Å². The maximum atomic E-state index is 10.3. The number of hydrogen-bond acceptors (Lipinski definition) is 3. The molecule has 2 atom stereocenters. The van der Waals surface area contributed by atoms with E-state index in [9.17, 15) is 5.11 Å². The summed E-state index contributed by atoms with van der Waals surface area (Å²) in [6, 6.07) is 0. The van der Waals surface area contributed by atoms with E-state index in [2.05, 4.69) is 30.5 Å². The van der Waals surface area contributed by atoms with E-state index in [0.29, 0.717) is 5.92 Å². The third-order valence-corrected chi connectivity index (χ3v) is 5.26. The zero-order valence-corrected chi connectivity index (χ0v) is 11.4. The summed E-state index contributed by atoms with van der Waals surface area (Å²) >= 11 is 2.07. The molecule has 94 valence electrons. The van der Waals surface area contributed by atoms with Gasteiger partial charge in [0.2, 0.25) is 0 Å². The summed E-state index contributed by atoms with van der Waals surface area (Å²) < 4.78 is 0. The SMILES string of the molecule is CC1(C)CCC(CN2CCCSCC2)C1O. The van der Waals surface area contributed by atoms with Crippen molar-refractivity contribution in [2.75, 3.05) is 31.1 Å². The molecule has 0 aromatic carbocycles. The van der Waals surface area contributed by atoms with Crippen LogP contribution < -0.4 is 0 Å². The molecule has 1 saturated carbocycles. The Bertz CT molecular complexity index is 224. The maximum absolute atomic E-state index is 10.3. The third-order valence-electron chi connectivity index (χ3n) is 4.21. The maximum Gasteiger partial charge on any atom is 0.0631 e. The molecule has 0 aromatic rings. The van der Waals surface area contributed by atoms with Gasteiger partial charge in [0.25, 0.3) is 0 Å². The van der Waals surface area contributed by atoms with Crippen molar-refractivity contribution in [1.82, 2.24) is 4.90 Å². The summed E-state index contributed by atoms with van der Waals surface area (Å²) in [5.74, 6) is 3.10. The second-order valence-corrected chi connectivity index (χ2v) is 7.22. The van der Waals surface area contributed by atoms with Crippen LogP contribution in [0, 0.1) is 11.3 Å². The lowest BCUT2D eigenvalue weighted by Crippen LogP contribution is -2.37. The highest BCUT2D eigenvalue weighted by atomic mass is 32.2. The van der Waals surface area contributed by atoms with Crippen LogP contribution in [-0.2, 0) is 0 Å². The largest absolute Gasteiger partial charge is 0.392 e. The molecule has 3 heteroatoms. The van der Waals surface area contributed by atoms with Gasteiger partial charge in [0.15, 0.2) is 0 Å². The smallest absolute Gasteiger partial charge is 0.0631 e. The second kappa shape index (κ2) is 5.28. The first kappa shape index (κ1) is 12.7. The highest BCUT2D eigenvalue weighted by Crippen LogP contribution is 2.41. The summed E-state index contributed by atoms with van der Waals surface area (Å²) in [5.41, 5.74) is 0.144. The van der Waals surface area contributed by atoms with Crippen LogP contribution in [-0.4, -0.2) is 47.3 Å². The van der Waals surface area contributed by atoms with E-state index < -0.39 is 0 Å². The van der Waals surface area contributed by atoms with Crippen molar-refractivity contribution in [3.8, 4) is 0 Å². The monoisotopic (exact) mass is 243 g/mol. The van der Waals surface area contributed by atoms with Crippen LogP contribution in [0.2, 0.25) is 0 Å². The Kier molecular flexibility index (Phi) is 4.20. The molecule has 0 spiro atoms. The van der Waals surface area contributed by atoms with E-state index in [4.69, 9.17) is 0 Å². The average molecular weight is 243 g/mol. The minimum Gasteiger partial charge on any atom is -0.392 e. The van der Waals surface area contributed by atoms with Gasteiger partial charge in [0.05, 0.1) is 6.10 Å². The normalized spacial score (nSPS) is 36.2. The van der Waals surface area contributed by atoms with Crippen molar-refractivity contribution in [2.45, 2.75) is 39.2 Å². The fraction of sp³-hybridized carbons (Fsp3) is 1.00. The lowest BCUT2D eigenvalue weighted by molar-refractivity contribution is 0.0335. The molecule has 0 amide bonds. The fourth-order valence-electron chi connectivity index (χ4n) is 3.00. The Morgan fingerprint density at radius 2 is 2.12 bits per heavy atom. The predicted octanol–water partition coefficient (Wildman–Crippen LogP) is 2.22. The molecule has 2 rings (SSSR count). The van der Waals surface area contributed by atoms with Crippen molar-refractivity contribution in [2.24, 2.45) is 11.3 Å². The van der Waals surface area contributed by atoms with Crippen LogP contribution in [0.1, 0.15) is 33.1 Å². The zero-order valence-electron chi connectivity index (χ0n) is 10.6. The molecule has 1 heterocycles. The number of aliphatic hydroxyl groups is 1. The van der Waals surface area contributed by atoms with Crippen LogP contribution in [0.15, 0.2) is 0 Å². The van der Waals surface area contributed by atoms with Crippen molar-refractivity contribution < 1.29 is 5.11 Å². The molecule has 1 N–H and O–H groups in total. The standard InChI is InChI=1S/C13H25NOS/c1-13(2)5-4-11(12(13)15)10-14-6-3-8-16-9-7-14/h11-12,15H,3-10H2,1-2H3. The number of rotatable bonds is 2. The van der Waals surface area contributed by atoms with Gasteiger partial charge in [-0.2, -0.15) is 11.8 Å². The van der Waals surface area contributed by atoms with Gasteiger partial charge in [-0.25, -0.2) is 0 Å². The van der Waals surface area contributed by atoms with Gasteiger partial charge >= 0.3 is 0 Å². The number of aliphatic hydroxyl groups excluding tert-OH is 1. The van der Waals surface area contributed by atoms with Gasteiger partial charge in [-0.05, 0) is 42.9 Å². The molecule has 1 saturated heterocycles. The van der Waals surface area contributed by atoms with Crippen molar-refractivity contribution >= 4 is 11.8 Å². The minimum absolute atomic E-state index is 0.0941. The van der Waals surface area contributed by atoms with Gasteiger partial charge in [-0.3, -0.25) is 0 Å². The molecule has 1 aliphatic heterocycles. The zero-order chi connectivity index (χ0) is 11.6. The van der Waals surface area contributed by atoms with Crippen LogP contribution in [0.3, 0.4) is 0 Å². The Morgan fingerprint density at radius 3 is 2.81 bits per heavy atom. The van der Waals surface area contributed by atoms with E-state index in [1.807, 2.05) is 0 Å². The summed E-state index contributed by atoms with van der Waals surface area (Å²) in [7, 11) is 0. The molecule has 16 heavy (non-hydrogen) atoms. The third kappa shape index (κ3) is 2.93. The van der Waals surface area contributed by atoms with Crippen LogP contribution in [0.5, 0.6) is 0 Å². The Hall–Kier alpha value is 0.270. The molecular weight excluding hydrogens is 218 g/mol. The highest BCUT2D eigenvalue weighted by Gasteiger charge is 2.41. The van der Waals surface area contributed by atoms with E-state index in [1.165, 1.54) is 43.9 Å². The second-order valence-electron chi connectivity index (χ2n) is 6.00. The summed E-state index contributed by atoms with van der Waals surface area (Å²) in [6.45, 7) is 7.97. The minimum atomic E-state index is -0.0941. The fourth-order valence-corrected chi connectivity index (χ4v) is 3.93. The molecular formula is C13H25NOS.